The van der Waals surface area contributed by atoms with E-state index in [1.165, 1.54) is 0 Å². The van der Waals surface area contributed by atoms with Crippen LogP contribution in [0.25, 0.3) is 0 Å². The standard InChI is InChI=1S/C10H13NO2S/c1-3-13-10(12)7-4-5-8(11-2)9(14)6-7/h4-6,11,14H,3H2,1-2H3. The van der Waals surface area contributed by atoms with E-state index in [0.717, 1.165) is 10.6 Å². The van der Waals surface area contributed by atoms with Crippen molar-refractivity contribution < 1.29 is 9.53 Å². The van der Waals surface area contributed by atoms with Crippen LogP contribution in [0.1, 0.15) is 17.3 Å². The van der Waals surface area contributed by atoms with Gasteiger partial charge in [-0.3, -0.25) is 0 Å². The molecular weight excluding hydrogens is 198 g/mol. The van der Waals surface area contributed by atoms with E-state index in [-0.39, 0.29) is 5.97 Å². The molecule has 4 heteroatoms. The van der Waals surface area contributed by atoms with Gasteiger partial charge in [-0.1, -0.05) is 0 Å². The highest BCUT2D eigenvalue weighted by Gasteiger charge is 2.07. The molecule has 0 amide bonds. The van der Waals surface area contributed by atoms with Crippen LogP contribution in [0.5, 0.6) is 0 Å². The van der Waals surface area contributed by atoms with Gasteiger partial charge in [0.15, 0.2) is 0 Å². The Labute approximate surface area is 88.9 Å². The Kier molecular flexibility index (Phi) is 3.83. The Hall–Kier alpha value is -1.16. The van der Waals surface area contributed by atoms with E-state index in [0.29, 0.717) is 12.2 Å². The van der Waals surface area contributed by atoms with E-state index in [9.17, 15) is 4.79 Å². The number of anilines is 1. The molecule has 14 heavy (non-hydrogen) atoms. The predicted molar refractivity (Wildman–Crippen MR) is 59.2 cm³/mol. The first-order valence-electron chi connectivity index (χ1n) is 4.37. The van der Waals surface area contributed by atoms with Crippen molar-refractivity contribution in [3.8, 4) is 0 Å². The number of nitrogens with one attached hydrogen (secondary N) is 1. The largest absolute Gasteiger partial charge is 0.462 e. The number of rotatable bonds is 3. The van der Waals surface area contributed by atoms with E-state index in [1.807, 2.05) is 0 Å². The molecule has 0 saturated heterocycles. The zero-order chi connectivity index (χ0) is 10.6. The summed E-state index contributed by atoms with van der Waals surface area (Å²) in [6.07, 6.45) is 0. The second-order valence-electron chi connectivity index (χ2n) is 2.70. The van der Waals surface area contributed by atoms with Gasteiger partial charge < -0.3 is 10.1 Å². The highest BCUT2D eigenvalue weighted by Crippen LogP contribution is 2.20. The lowest BCUT2D eigenvalue weighted by Crippen LogP contribution is -2.04. The molecule has 76 valence electrons. The van der Waals surface area contributed by atoms with Gasteiger partial charge in [0.2, 0.25) is 0 Å². The number of hydrogen-bond donors (Lipinski definition) is 2. The summed E-state index contributed by atoms with van der Waals surface area (Å²) in [7, 11) is 1.80. The van der Waals surface area contributed by atoms with Gasteiger partial charge in [-0.25, -0.2) is 4.79 Å². The lowest BCUT2D eigenvalue weighted by molar-refractivity contribution is 0.0526. The van der Waals surface area contributed by atoms with Crippen LogP contribution >= 0.6 is 12.6 Å². The van der Waals surface area contributed by atoms with Crippen molar-refractivity contribution in [3.05, 3.63) is 23.8 Å². The first-order chi connectivity index (χ1) is 6.69. The van der Waals surface area contributed by atoms with E-state index >= 15 is 0 Å². The number of carbonyl (C=O) groups excluding carboxylic acids is 1. The molecule has 3 nitrogen and oxygen atoms in total. The smallest absolute Gasteiger partial charge is 0.338 e. The maximum atomic E-state index is 11.3. The molecule has 0 atom stereocenters. The Morgan fingerprint density at radius 2 is 2.29 bits per heavy atom. The second-order valence-corrected chi connectivity index (χ2v) is 3.18. The molecule has 0 unspecified atom stereocenters. The summed E-state index contributed by atoms with van der Waals surface area (Å²) in [5, 5.41) is 2.96. The Balaban J connectivity index is 2.91. The third-order valence-corrected chi connectivity index (χ3v) is 2.15. The van der Waals surface area contributed by atoms with Gasteiger partial charge in [-0.15, -0.1) is 12.6 Å². The van der Waals surface area contributed by atoms with Crippen molar-refractivity contribution in [3.63, 3.8) is 0 Å². The molecule has 0 radical (unpaired) electrons. The van der Waals surface area contributed by atoms with E-state index < -0.39 is 0 Å². The van der Waals surface area contributed by atoms with Crippen LogP contribution in [0.3, 0.4) is 0 Å². The number of benzene rings is 1. The molecule has 0 aliphatic heterocycles. The summed E-state index contributed by atoms with van der Waals surface area (Å²) < 4.78 is 4.86. The SMILES string of the molecule is CCOC(=O)c1ccc(NC)c(S)c1. The van der Waals surface area contributed by atoms with Crippen molar-refractivity contribution in [2.75, 3.05) is 19.0 Å². The Bertz CT molecular complexity index is 339. The maximum Gasteiger partial charge on any atom is 0.338 e. The molecule has 0 bridgehead atoms. The predicted octanol–water partition coefficient (Wildman–Crippen LogP) is 2.19. The minimum absolute atomic E-state index is 0.314. The fraction of sp³-hybridized carbons (Fsp3) is 0.300. The van der Waals surface area contributed by atoms with Crippen molar-refractivity contribution in [2.45, 2.75) is 11.8 Å². The summed E-state index contributed by atoms with van der Waals surface area (Å²) in [5.74, 6) is -0.314. The number of esters is 1. The van der Waals surface area contributed by atoms with Gasteiger partial charge in [0.05, 0.1) is 12.2 Å². The first-order valence-corrected chi connectivity index (χ1v) is 4.81. The molecule has 1 aromatic carbocycles. The van der Waals surface area contributed by atoms with Crippen LogP contribution in [0, 0.1) is 0 Å². The quantitative estimate of drug-likeness (QED) is 0.594. The van der Waals surface area contributed by atoms with Gasteiger partial charge >= 0.3 is 5.97 Å². The summed E-state index contributed by atoms with van der Waals surface area (Å²) in [5.41, 5.74) is 1.41. The zero-order valence-electron chi connectivity index (χ0n) is 8.20. The summed E-state index contributed by atoms with van der Waals surface area (Å²) in [6.45, 7) is 2.16. The van der Waals surface area contributed by atoms with Gasteiger partial charge in [-0.05, 0) is 25.1 Å². The van der Waals surface area contributed by atoms with Crippen molar-refractivity contribution in [1.82, 2.24) is 0 Å². The molecule has 1 rings (SSSR count). The van der Waals surface area contributed by atoms with Gasteiger partial charge in [0, 0.05) is 17.6 Å². The summed E-state index contributed by atoms with van der Waals surface area (Å²) in [4.78, 5) is 12.1. The highest BCUT2D eigenvalue weighted by atomic mass is 32.1. The number of ether oxygens (including phenoxy) is 1. The fourth-order valence-corrected chi connectivity index (χ4v) is 1.41. The second kappa shape index (κ2) is 4.91. The minimum atomic E-state index is -0.314. The van der Waals surface area contributed by atoms with Crippen molar-refractivity contribution in [2.24, 2.45) is 0 Å². The molecule has 1 N–H and O–H groups in total. The topological polar surface area (TPSA) is 38.3 Å². The average Bonchev–Trinajstić information content (AvgIpc) is 2.18. The molecule has 0 saturated carbocycles. The fourth-order valence-electron chi connectivity index (χ4n) is 1.08. The molecule has 0 spiro atoms. The van der Waals surface area contributed by atoms with Crippen molar-refractivity contribution >= 4 is 24.3 Å². The van der Waals surface area contributed by atoms with E-state index in [1.54, 1.807) is 32.2 Å². The molecule has 1 aromatic rings. The molecular formula is C10H13NO2S. The third kappa shape index (κ3) is 2.42. The van der Waals surface area contributed by atoms with Crippen LogP contribution < -0.4 is 5.32 Å². The van der Waals surface area contributed by atoms with Crippen LogP contribution in [-0.2, 0) is 4.74 Å². The highest BCUT2D eigenvalue weighted by molar-refractivity contribution is 7.80. The lowest BCUT2D eigenvalue weighted by atomic mass is 10.2. The average molecular weight is 211 g/mol. The normalized spacial score (nSPS) is 9.64. The summed E-state index contributed by atoms with van der Waals surface area (Å²) in [6, 6.07) is 5.20. The van der Waals surface area contributed by atoms with Crippen LogP contribution in [0.15, 0.2) is 23.1 Å². The molecule has 0 fully saturated rings. The molecule has 0 aliphatic carbocycles. The van der Waals surface area contributed by atoms with Crippen molar-refractivity contribution in [1.29, 1.82) is 0 Å². The van der Waals surface area contributed by atoms with E-state index in [2.05, 4.69) is 17.9 Å². The van der Waals surface area contributed by atoms with Gasteiger partial charge in [0.25, 0.3) is 0 Å². The van der Waals surface area contributed by atoms with Crippen LogP contribution in [0.2, 0.25) is 0 Å². The van der Waals surface area contributed by atoms with Gasteiger partial charge in [-0.2, -0.15) is 0 Å². The zero-order valence-corrected chi connectivity index (χ0v) is 9.10. The molecule has 0 aromatic heterocycles. The molecule has 0 aliphatic rings. The maximum absolute atomic E-state index is 11.3. The number of hydrogen-bond acceptors (Lipinski definition) is 4. The van der Waals surface area contributed by atoms with Crippen LogP contribution in [0.4, 0.5) is 5.69 Å². The minimum Gasteiger partial charge on any atom is -0.462 e. The van der Waals surface area contributed by atoms with Crippen LogP contribution in [-0.4, -0.2) is 19.6 Å². The van der Waals surface area contributed by atoms with Gasteiger partial charge in [0.1, 0.15) is 0 Å². The third-order valence-electron chi connectivity index (χ3n) is 1.78. The molecule has 0 heterocycles. The number of carbonyl (C=O) groups is 1. The monoisotopic (exact) mass is 211 g/mol. The number of thiol groups is 1. The Morgan fingerprint density at radius 3 is 2.79 bits per heavy atom. The summed E-state index contributed by atoms with van der Waals surface area (Å²) >= 11 is 4.24. The van der Waals surface area contributed by atoms with E-state index in [4.69, 9.17) is 4.74 Å². The lowest BCUT2D eigenvalue weighted by Gasteiger charge is -2.06. The Morgan fingerprint density at radius 1 is 1.57 bits per heavy atom. The first kappa shape index (κ1) is 10.9.